The number of anilines is 1. The van der Waals surface area contributed by atoms with Crippen LogP contribution in [-0.4, -0.2) is 42.3 Å². The molecule has 0 aromatic heterocycles. The predicted molar refractivity (Wildman–Crippen MR) is 114 cm³/mol. The minimum Gasteiger partial charge on any atom is -0.444 e. The number of benzene rings is 1. The normalized spacial score (nSPS) is 13.2. The summed E-state index contributed by atoms with van der Waals surface area (Å²) in [5, 5.41) is 10.7. The Hall–Kier alpha value is -2.77. The number of carbonyl (C=O) groups is 3. The minimum atomic E-state index is -0.971. The van der Waals surface area contributed by atoms with E-state index in [1.807, 2.05) is 13.0 Å². The monoisotopic (exact) mass is 406 g/mol. The predicted octanol–water partition coefficient (Wildman–Crippen LogP) is 3.25. The van der Waals surface area contributed by atoms with Crippen LogP contribution in [0.4, 0.5) is 15.3 Å². The molecule has 8 nitrogen and oxygen atoms in total. The van der Waals surface area contributed by atoms with Gasteiger partial charge in [-0.15, -0.1) is 0 Å². The lowest BCUT2D eigenvalue weighted by atomic mass is 10.0. The Labute approximate surface area is 173 Å². The number of para-hydroxylation sites is 1. The van der Waals surface area contributed by atoms with Crippen LogP contribution in [0.1, 0.15) is 48.0 Å². The van der Waals surface area contributed by atoms with E-state index in [1.165, 1.54) is 0 Å². The van der Waals surface area contributed by atoms with E-state index in [9.17, 15) is 14.4 Å². The zero-order valence-corrected chi connectivity index (χ0v) is 18.2. The second-order valence-corrected chi connectivity index (χ2v) is 8.44. The summed E-state index contributed by atoms with van der Waals surface area (Å²) in [5.41, 5.74) is -0.0783. The van der Waals surface area contributed by atoms with Gasteiger partial charge in [0.1, 0.15) is 11.6 Å². The highest BCUT2D eigenvalue weighted by Crippen LogP contribution is 2.08. The molecule has 29 heavy (non-hydrogen) atoms. The van der Waals surface area contributed by atoms with E-state index in [4.69, 9.17) is 4.74 Å². The van der Waals surface area contributed by atoms with Gasteiger partial charge in [-0.3, -0.25) is 4.79 Å². The van der Waals surface area contributed by atoms with Gasteiger partial charge >= 0.3 is 12.1 Å². The first-order valence-electron chi connectivity index (χ1n) is 9.86. The Kier molecular flexibility index (Phi) is 9.44. The van der Waals surface area contributed by atoms with Gasteiger partial charge in [0.05, 0.1) is 0 Å². The lowest BCUT2D eigenvalue weighted by Crippen LogP contribution is -2.55. The molecule has 1 aromatic carbocycles. The zero-order chi connectivity index (χ0) is 22.0. The number of carbonyl (C=O) groups excluding carboxylic acids is 3. The molecule has 4 amide bonds. The Morgan fingerprint density at radius 3 is 2.17 bits per heavy atom. The van der Waals surface area contributed by atoms with Crippen molar-refractivity contribution in [2.75, 3.05) is 11.9 Å². The number of nitrogens with one attached hydrogen (secondary N) is 4. The summed E-state index contributed by atoms with van der Waals surface area (Å²) in [6.45, 7) is 11.1. The van der Waals surface area contributed by atoms with Crippen LogP contribution in [0.3, 0.4) is 0 Å². The topological polar surface area (TPSA) is 109 Å². The van der Waals surface area contributed by atoms with E-state index >= 15 is 0 Å². The molecule has 0 radical (unpaired) electrons. The van der Waals surface area contributed by atoms with Crippen LogP contribution >= 0.6 is 0 Å². The number of urea groups is 1. The van der Waals surface area contributed by atoms with Gasteiger partial charge < -0.3 is 26.0 Å². The van der Waals surface area contributed by atoms with Crippen LogP contribution in [0.15, 0.2) is 30.3 Å². The second kappa shape index (κ2) is 11.3. The lowest BCUT2D eigenvalue weighted by molar-refractivity contribution is -0.123. The Morgan fingerprint density at radius 1 is 1.00 bits per heavy atom. The highest BCUT2D eigenvalue weighted by Gasteiger charge is 2.26. The third-order valence-electron chi connectivity index (χ3n) is 3.72. The number of alkyl carbamates (subject to hydrolysis) is 1. The molecule has 0 heterocycles. The van der Waals surface area contributed by atoms with Gasteiger partial charge in [-0.2, -0.15) is 0 Å². The summed E-state index contributed by atoms with van der Waals surface area (Å²) in [7, 11) is 0. The van der Waals surface area contributed by atoms with Crippen molar-refractivity contribution in [1.82, 2.24) is 16.0 Å². The molecule has 0 unspecified atom stereocenters. The molecule has 0 aliphatic rings. The molecular formula is C21H34N4O4. The van der Waals surface area contributed by atoms with Crippen LogP contribution < -0.4 is 21.3 Å². The molecule has 0 saturated carbocycles. The summed E-state index contributed by atoms with van der Waals surface area (Å²) >= 11 is 0. The maximum atomic E-state index is 12.7. The molecule has 0 spiro atoms. The molecule has 1 rings (SSSR count). The van der Waals surface area contributed by atoms with Crippen molar-refractivity contribution in [3.63, 3.8) is 0 Å². The zero-order valence-electron chi connectivity index (χ0n) is 18.2. The van der Waals surface area contributed by atoms with Gasteiger partial charge in [0.2, 0.25) is 5.91 Å². The largest absolute Gasteiger partial charge is 0.444 e. The molecule has 4 N–H and O–H groups in total. The van der Waals surface area contributed by atoms with E-state index in [-0.39, 0.29) is 18.5 Å². The standard InChI is InChI=1S/C21H34N4O4/c1-14(2)12-15(3)23-18(26)17(25-20(28)29-21(4,5)6)13-22-19(27)24-16-10-8-7-9-11-16/h7-11,14-15,17H,12-13H2,1-6H3,(H,23,26)(H,25,28)(H2,22,24,27)/t15-,17+/m1/s1. The first-order chi connectivity index (χ1) is 13.5. The molecule has 0 fully saturated rings. The molecule has 0 saturated heterocycles. The van der Waals surface area contributed by atoms with Gasteiger partial charge in [-0.05, 0) is 52.2 Å². The van der Waals surface area contributed by atoms with Crippen molar-refractivity contribution >= 4 is 23.7 Å². The summed E-state index contributed by atoms with van der Waals surface area (Å²) in [4.78, 5) is 36.9. The summed E-state index contributed by atoms with van der Waals surface area (Å²) in [6, 6.07) is 7.41. The van der Waals surface area contributed by atoms with Gasteiger partial charge in [-0.1, -0.05) is 32.0 Å². The number of hydrogen-bond acceptors (Lipinski definition) is 4. The van der Waals surface area contributed by atoms with E-state index in [2.05, 4.69) is 35.1 Å². The number of rotatable bonds is 8. The third kappa shape index (κ3) is 11.0. The van der Waals surface area contributed by atoms with Crippen molar-refractivity contribution in [2.45, 2.75) is 65.6 Å². The highest BCUT2D eigenvalue weighted by atomic mass is 16.6. The molecule has 2 atom stereocenters. The van der Waals surface area contributed by atoms with Crippen LogP contribution in [-0.2, 0) is 9.53 Å². The molecule has 0 aliphatic carbocycles. The van der Waals surface area contributed by atoms with Crippen molar-refractivity contribution in [1.29, 1.82) is 0 Å². The fourth-order valence-corrected chi connectivity index (χ4v) is 2.66. The van der Waals surface area contributed by atoms with Crippen LogP contribution in [0.5, 0.6) is 0 Å². The quantitative estimate of drug-likeness (QED) is 0.531. The average Bonchev–Trinajstić information content (AvgIpc) is 2.56. The molecule has 162 valence electrons. The van der Waals surface area contributed by atoms with E-state index < -0.39 is 23.8 Å². The van der Waals surface area contributed by atoms with Crippen molar-refractivity contribution < 1.29 is 19.1 Å². The van der Waals surface area contributed by atoms with Gasteiger partial charge in [0.25, 0.3) is 0 Å². The van der Waals surface area contributed by atoms with Crippen molar-refractivity contribution in [3.8, 4) is 0 Å². The Morgan fingerprint density at radius 2 is 1.62 bits per heavy atom. The van der Waals surface area contributed by atoms with Gasteiger partial charge in [-0.25, -0.2) is 9.59 Å². The van der Waals surface area contributed by atoms with Crippen molar-refractivity contribution in [2.24, 2.45) is 5.92 Å². The number of hydrogen-bond donors (Lipinski definition) is 4. The Bertz CT molecular complexity index is 671. The smallest absolute Gasteiger partial charge is 0.408 e. The van der Waals surface area contributed by atoms with Crippen LogP contribution in [0, 0.1) is 5.92 Å². The van der Waals surface area contributed by atoms with Gasteiger partial charge in [0, 0.05) is 18.3 Å². The van der Waals surface area contributed by atoms with Crippen LogP contribution in [0.2, 0.25) is 0 Å². The number of ether oxygens (including phenoxy) is 1. The molecule has 0 bridgehead atoms. The lowest BCUT2D eigenvalue weighted by Gasteiger charge is -2.25. The van der Waals surface area contributed by atoms with Crippen molar-refractivity contribution in [3.05, 3.63) is 30.3 Å². The summed E-state index contributed by atoms with van der Waals surface area (Å²) < 4.78 is 5.23. The van der Waals surface area contributed by atoms with E-state index in [0.29, 0.717) is 11.6 Å². The first-order valence-corrected chi connectivity index (χ1v) is 9.86. The third-order valence-corrected chi connectivity index (χ3v) is 3.72. The second-order valence-electron chi connectivity index (χ2n) is 8.44. The Balaban J connectivity index is 2.71. The molecular weight excluding hydrogens is 372 g/mol. The maximum Gasteiger partial charge on any atom is 0.408 e. The summed E-state index contributed by atoms with van der Waals surface area (Å²) in [6.07, 6.45) is 0.0757. The van der Waals surface area contributed by atoms with Gasteiger partial charge in [0.15, 0.2) is 0 Å². The maximum absolute atomic E-state index is 12.7. The minimum absolute atomic E-state index is 0.0661. The first kappa shape index (κ1) is 24.3. The van der Waals surface area contributed by atoms with Crippen LogP contribution in [0.25, 0.3) is 0 Å². The highest BCUT2D eigenvalue weighted by molar-refractivity contribution is 5.91. The molecule has 1 aromatic rings. The molecule has 0 aliphatic heterocycles. The molecule has 8 heteroatoms. The fraction of sp³-hybridized carbons (Fsp3) is 0.571. The van der Waals surface area contributed by atoms with E-state index in [1.54, 1.807) is 45.0 Å². The SMILES string of the molecule is CC(C)C[C@@H](C)NC(=O)[C@H](CNC(=O)Nc1ccccc1)NC(=O)OC(C)(C)C. The fourth-order valence-electron chi connectivity index (χ4n) is 2.66. The summed E-state index contributed by atoms with van der Waals surface area (Å²) in [5.74, 6) is 0.0290. The van der Waals surface area contributed by atoms with E-state index in [0.717, 1.165) is 6.42 Å². The number of amides is 4. The average molecular weight is 407 g/mol.